The summed E-state index contributed by atoms with van der Waals surface area (Å²) in [7, 11) is 0. The average Bonchev–Trinajstić information content (AvgIpc) is 2.17. The van der Waals surface area contributed by atoms with Crippen molar-refractivity contribution < 1.29 is 5.11 Å². The van der Waals surface area contributed by atoms with Gasteiger partial charge >= 0.3 is 0 Å². The van der Waals surface area contributed by atoms with Crippen molar-refractivity contribution in [3.05, 3.63) is 28.5 Å². The Hall–Kier alpha value is -0.410. The Morgan fingerprint density at radius 3 is 2.80 bits per heavy atom. The van der Waals surface area contributed by atoms with Crippen molar-refractivity contribution in [1.82, 2.24) is 4.98 Å². The molecular formula is C12H18BrNO. The topological polar surface area (TPSA) is 33.1 Å². The first-order chi connectivity index (χ1) is 7.11. The molecule has 2 nitrogen and oxygen atoms in total. The Balaban J connectivity index is 2.47. The second-order valence-corrected chi connectivity index (χ2v) is 5.03. The molecule has 0 aliphatic heterocycles. The summed E-state index contributed by atoms with van der Waals surface area (Å²) in [5.41, 5.74) is 1.08. The zero-order valence-corrected chi connectivity index (χ0v) is 10.9. The third kappa shape index (κ3) is 4.76. The normalized spacial score (nSPS) is 14.9. The minimum atomic E-state index is -0.254. The molecule has 0 aromatic carbocycles. The lowest BCUT2D eigenvalue weighted by Gasteiger charge is -2.14. The average molecular weight is 272 g/mol. The van der Waals surface area contributed by atoms with Crippen molar-refractivity contribution in [3.8, 4) is 0 Å². The summed E-state index contributed by atoms with van der Waals surface area (Å²) >= 11 is 3.37. The Morgan fingerprint density at radius 1 is 1.47 bits per heavy atom. The first-order valence-electron chi connectivity index (χ1n) is 5.39. The van der Waals surface area contributed by atoms with Crippen LogP contribution in [0, 0.1) is 5.92 Å². The van der Waals surface area contributed by atoms with Gasteiger partial charge in [-0.1, -0.05) is 20.3 Å². The second kappa shape index (κ2) is 6.23. The van der Waals surface area contributed by atoms with Crippen LogP contribution in [0.25, 0.3) is 0 Å². The monoisotopic (exact) mass is 271 g/mol. The van der Waals surface area contributed by atoms with Gasteiger partial charge in [0.15, 0.2) is 0 Å². The maximum absolute atomic E-state index is 9.85. The number of pyridine rings is 1. The van der Waals surface area contributed by atoms with E-state index >= 15 is 0 Å². The summed E-state index contributed by atoms with van der Waals surface area (Å²) in [5, 5.41) is 9.85. The van der Waals surface area contributed by atoms with E-state index in [0.717, 1.165) is 22.9 Å². The highest BCUT2D eigenvalue weighted by atomic mass is 79.9. The number of aliphatic hydroxyl groups excluding tert-OH is 1. The van der Waals surface area contributed by atoms with Gasteiger partial charge < -0.3 is 5.11 Å². The highest BCUT2D eigenvalue weighted by molar-refractivity contribution is 9.10. The SMILES string of the molecule is CCC(C)CC(O)Cc1cncc(Br)c1. The predicted octanol–water partition coefficient (Wildman–Crippen LogP) is 3.18. The van der Waals surface area contributed by atoms with Crippen LogP contribution in [0.4, 0.5) is 0 Å². The van der Waals surface area contributed by atoms with Gasteiger partial charge in [0.2, 0.25) is 0 Å². The summed E-state index contributed by atoms with van der Waals surface area (Å²) in [6, 6.07) is 2.01. The fourth-order valence-electron chi connectivity index (χ4n) is 1.55. The smallest absolute Gasteiger partial charge is 0.0583 e. The van der Waals surface area contributed by atoms with Crippen LogP contribution in [0.1, 0.15) is 32.3 Å². The number of hydrogen-bond acceptors (Lipinski definition) is 2. The summed E-state index contributed by atoms with van der Waals surface area (Å²) in [6.45, 7) is 4.32. The fraction of sp³-hybridized carbons (Fsp3) is 0.583. The molecule has 0 fully saturated rings. The third-order valence-corrected chi connectivity index (χ3v) is 3.04. The van der Waals surface area contributed by atoms with Gasteiger partial charge in [-0.05, 0) is 46.3 Å². The molecule has 1 aromatic rings. The maximum atomic E-state index is 9.85. The molecule has 15 heavy (non-hydrogen) atoms. The minimum absolute atomic E-state index is 0.254. The van der Waals surface area contributed by atoms with Gasteiger partial charge in [0, 0.05) is 16.9 Å². The van der Waals surface area contributed by atoms with Crippen LogP contribution < -0.4 is 0 Å². The van der Waals surface area contributed by atoms with Crippen LogP contribution in [0.3, 0.4) is 0 Å². The van der Waals surface area contributed by atoms with E-state index in [1.54, 1.807) is 6.20 Å². The summed E-state index contributed by atoms with van der Waals surface area (Å²) in [4.78, 5) is 4.08. The molecule has 2 atom stereocenters. The van der Waals surface area contributed by atoms with E-state index in [0.29, 0.717) is 12.3 Å². The molecule has 0 bridgehead atoms. The van der Waals surface area contributed by atoms with E-state index in [2.05, 4.69) is 34.8 Å². The molecule has 1 heterocycles. The molecule has 1 rings (SSSR count). The van der Waals surface area contributed by atoms with Crippen LogP contribution in [0.2, 0.25) is 0 Å². The molecule has 3 heteroatoms. The molecule has 0 aliphatic carbocycles. The zero-order chi connectivity index (χ0) is 11.3. The first kappa shape index (κ1) is 12.7. The van der Waals surface area contributed by atoms with Crippen molar-refractivity contribution in [2.75, 3.05) is 0 Å². The molecule has 0 spiro atoms. The van der Waals surface area contributed by atoms with Gasteiger partial charge in [0.1, 0.15) is 0 Å². The lowest BCUT2D eigenvalue weighted by atomic mass is 9.97. The Kier molecular flexibility index (Phi) is 5.26. The minimum Gasteiger partial charge on any atom is -0.393 e. The van der Waals surface area contributed by atoms with Crippen LogP contribution in [0.15, 0.2) is 22.9 Å². The van der Waals surface area contributed by atoms with E-state index < -0.39 is 0 Å². The molecule has 0 saturated heterocycles. The lowest BCUT2D eigenvalue weighted by Crippen LogP contribution is -2.14. The van der Waals surface area contributed by atoms with Crippen LogP contribution in [-0.4, -0.2) is 16.2 Å². The largest absolute Gasteiger partial charge is 0.393 e. The number of halogens is 1. The molecule has 0 aliphatic rings. The molecule has 0 amide bonds. The molecule has 0 radical (unpaired) electrons. The van der Waals surface area contributed by atoms with Crippen molar-refractivity contribution in [2.45, 2.75) is 39.2 Å². The predicted molar refractivity (Wildman–Crippen MR) is 65.7 cm³/mol. The second-order valence-electron chi connectivity index (χ2n) is 4.12. The van der Waals surface area contributed by atoms with Gasteiger partial charge in [-0.3, -0.25) is 4.98 Å². The molecule has 1 N–H and O–H groups in total. The number of aliphatic hydroxyl groups is 1. The van der Waals surface area contributed by atoms with Gasteiger partial charge in [0.25, 0.3) is 0 Å². The molecule has 84 valence electrons. The number of nitrogens with zero attached hydrogens (tertiary/aromatic N) is 1. The van der Waals surface area contributed by atoms with Crippen LogP contribution >= 0.6 is 15.9 Å². The Morgan fingerprint density at radius 2 is 2.20 bits per heavy atom. The summed E-state index contributed by atoms with van der Waals surface area (Å²) in [6.07, 6.45) is 5.99. The first-order valence-corrected chi connectivity index (χ1v) is 6.18. The number of hydrogen-bond donors (Lipinski definition) is 1. The standard InChI is InChI=1S/C12H18BrNO/c1-3-9(2)4-12(15)6-10-5-11(13)8-14-7-10/h5,7-9,12,15H,3-4,6H2,1-2H3. The Bertz CT molecular complexity index is 303. The van der Waals surface area contributed by atoms with Crippen molar-refractivity contribution in [1.29, 1.82) is 0 Å². The Labute approximate surface area is 99.9 Å². The fourth-order valence-corrected chi connectivity index (χ4v) is 1.97. The van der Waals surface area contributed by atoms with Gasteiger partial charge in [-0.15, -0.1) is 0 Å². The van der Waals surface area contributed by atoms with Crippen LogP contribution in [0.5, 0.6) is 0 Å². The quantitative estimate of drug-likeness (QED) is 0.893. The van der Waals surface area contributed by atoms with E-state index in [9.17, 15) is 5.11 Å². The highest BCUT2D eigenvalue weighted by Gasteiger charge is 2.10. The zero-order valence-electron chi connectivity index (χ0n) is 9.28. The molecule has 1 aromatic heterocycles. The van der Waals surface area contributed by atoms with E-state index in [1.807, 2.05) is 12.3 Å². The molecule has 0 saturated carbocycles. The lowest BCUT2D eigenvalue weighted by molar-refractivity contribution is 0.144. The van der Waals surface area contributed by atoms with Gasteiger partial charge in [-0.25, -0.2) is 0 Å². The van der Waals surface area contributed by atoms with Gasteiger partial charge in [0.05, 0.1) is 6.10 Å². The maximum Gasteiger partial charge on any atom is 0.0583 e. The highest BCUT2D eigenvalue weighted by Crippen LogP contribution is 2.15. The number of rotatable bonds is 5. The van der Waals surface area contributed by atoms with Crippen molar-refractivity contribution in [2.24, 2.45) is 5.92 Å². The van der Waals surface area contributed by atoms with Crippen molar-refractivity contribution in [3.63, 3.8) is 0 Å². The number of aromatic nitrogens is 1. The molecular weight excluding hydrogens is 254 g/mol. The van der Waals surface area contributed by atoms with Crippen molar-refractivity contribution >= 4 is 15.9 Å². The van der Waals surface area contributed by atoms with E-state index in [4.69, 9.17) is 0 Å². The van der Waals surface area contributed by atoms with E-state index in [1.165, 1.54) is 0 Å². The third-order valence-electron chi connectivity index (χ3n) is 2.60. The van der Waals surface area contributed by atoms with Crippen LogP contribution in [-0.2, 0) is 6.42 Å². The summed E-state index contributed by atoms with van der Waals surface area (Å²) in [5.74, 6) is 0.583. The molecule has 2 unspecified atom stereocenters. The van der Waals surface area contributed by atoms with Gasteiger partial charge in [-0.2, -0.15) is 0 Å². The summed E-state index contributed by atoms with van der Waals surface area (Å²) < 4.78 is 0.968. The van der Waals surface area contributed by atoms with E-state index in [-0.39, 0.29) is 6.10 Å².